The van der Waals surface area contributed by atoms with E-state index in [1.807, 2.05) is 18.2 Å². The molecule has 2 rings (SSSR count). The van der Waals surface area contributed by atoms with Crippen molar-refractivity contribution < 1.29 is 0 Å². The second-order valence-corrected chi connectivity index (χ2v) is 5.33. The molecule has 2 atom stereocenters. The van der Waals surface area contributed by atoms with E-state index in [1.165, 1.54) is 24.8 Å². The molecule has 2 unspecified atom stereocenters. The molecule has 1 saturated carbocycles. The van der Waals surface area contributed by atoms with Crippen LogP contribution in [0.5, 0.6) is 0 Å². The first-order valence-corrected chi connectivity index (χ1v) is 6.63. The Labute approximate surface area is 107 Å². The van der Waals surface area contributed by atoms with Gasteiger partial charge in [-0.2, -0.15) is 0 Å². The molecule has 0 saturated heterocycles. The van der Waals surface area contributed by atoms with Crippen LogP contribution >= 0.6 is 23.2 Å². The zero-order chi connectivity index (χ0) is 11.5. The number of rotatable bonds is 5. The third-order valence-corrected chi connectivity index (χ3v) is 3.87. The van der Waals surface area contributed by atoms with E-state index in [9.17, 15) is 0 Å². The van der Waals surface area contributed by atoms with Crippen molar-refractivity contribution in [1.29, 1.82) is 0 Å². The molecule has 0 spiro atoms. The molecule has 1 aliphatic rings. The third-order valence-electron chi connectivity index (χ3n) is 3.13. The second-order valence-electron chi connectivity index (χ2n) is 4.52. The van der Waals surface area contributed by atoms with Gasteiger partial charge in [-0.15, -0.1) is 0 Å². The van der Waals surface area contributed by atoms with E-state index in [0.717, 1.165) is 18.5 Å². The third kappa shape index (κ3) is 3.13. The molecule has 0 aromatic heterocycles. The van der Waals surface area contributed by atoms with Crippen LogP contribution < -0.4 is 5.32 Å². The molecular formula is C13H17Cl2N. The fraction of sp³-hybridized carbons (Fsp3) is 0.538. The highest BCUT2D eigenvalue weighted by Crippen LogP contribution is 2.34. The maximum absolute atomic E-state index is 5.96. The first-order valence-electron chi connectivity index (χ1n) is 5.88. The summed E-state index contributed by atoms with van der Waals surface area (Å²) in [5, 5.41) is 4.82. The number of benzene rings is 1. The molecule has 1 nitrogen and oxygen atoms in total. The quantitative estimate of drug-likeness (QED) is 0.831. The predicted molar refractivity (Wildman–Crippen MR) is 70.1 cm³/mol. The SMILES string of the molecule is CCCC1CC1NCc1ccc(Cl)c(Cl)c1. The average molecular weight is 258 g/mol. The fourth-order valence-electron chi connectivity index (χ4n) is 2.09. The van der Waals surface area contributed by atoms with E-state index in [-0.39, 0.29) is 0 Å². The molecule has 0 bridgehead atoms. The molecule has 16 heavy (non-hydrogen) atoms. The number of hydrogen-bond acceptors (Lipinski definition) is 1. The van der Waals surface area contributed by atoms with Crippen molar-refractivity contribution in [3.05, 3.63) is 33.8 Å². The highest BCUT2D eigenvalue weighted by molar-refractivity contribution is 6.42. The lowest BCUT2D eigenvalue weighted by Gasteiger charge is -2.05. The summed E-state index contributed by atoms with van der Waals surface area (Å²) in [5.74, 6) is 0.896. The molecule has 1 fully saturated rings. The van der Waals surface area contributed by atoms with Crippen LogP contribution in [0.2, 0.25) is 10.0 Å². The average Bonchev–Trinajstić information content (AvgIpc) is 2.99. The summed E-state index contributed by atoms with van der Waals surface area (Å²) in [5.41, 5.74) is 1.21. The molecule has 0 heterocycles. The maximum Gasteiger partial charge on any atom is 0.0595 e. The monoisotopic (exact) mass is 257 g/mol. The Kier molecular flexibility index (Phi) is 4.12. The zero-order valence-corrected chi connectivity index (χ0v) is 11.0. The number of halogens is 2. The van der Waals surface area contributed by atoms with E-state index >= 15 is 0 Å². The summed E-state index contributed by atoms with van der Waals surface area (Å²) < 4.78 is 0. The van der Waals surface area contributed by atoms with Crippen molar-refractivity contribution in [2.24, 2.45) is 5.92 Å². The van der Waals surface area contributed by atoms with Gasteiger partial charge in [0.1, 0.15) is 0 Å². The van der Waals surface area contributed by atoms with Crippen molar-refractivity contribution in [3.63, 3.8) is 0 Å². The van der Waals surface area contributed by atoms with Gasteiger partial charge in [0.15, 0.2) is 0 Å². The van der Waals surface area contributed by atoms with Gasteiger partial charge in [0.2, 0.25) is 0 Å². The van der Waals surface area contributed by atoms with Crippen molar-refractivity contribution >= 4 is 23.2 Å². The molecule has 3 heteroatoms. The summed E-state index contributed by atoms with van der Waals surface area (Å²) >= 11 is 11.8. The highest BCUT2D eigenvalue weighted by Gasteiger charge is 2.35. The summed E-state index contributed by atoms with van der Waals surface area (Å²) in [4.78, 5) is 0. The van der Waals surface area contributed by atoms with Crippen LogP contribution in [-0.4, -0.2) is 6.04 Å². The van der Waals surface area contributed by atoms with Crippen molar-refractivity contribution in [2.75, 3.05) is 0 Å². The van der Waals surface area contributed by atoms with E-state index in [4.69, 9.17) is 23.2 Å². The molecule has 88 valence electrons. The Hall–Kier alpha value is -0.240. The van der Waals surface area contributed by atoms with E-state index in [2.05, 4.69) is 12.2 Å². The number of hydrogen-bond donors (Lipinski definition) is 1. The first-order chi connectivity index (χ1) is 7.70. The Morgan fingerprint density at radius 2 is 2.12 bits per heavy atom. The lowest BCUT2D eigenvalue weighted by atomic mass is 10.2. The van der Waals surface area contributed by atoms with E-state index in [1.54, 1.807) is 0 Å². The predicted octanol–water partition coefficient (Wildman–Crippen LogP) is 4.27. The zero-order valence-electron chi connectivity index (χ0n) is 9.47. The second kappa shape index (κ2) is 5.39. The Balaban J connectivity index is 1.80. The molecule has 0 radical (unpaired) electrons. The molecule has 1 aromatic carbocycles. The van der Waals surface area contributed by atoms with Crippen LogP contribution in [0.15, 0.2) is 18.2 Å². The van der Waals surface area contributed by atoms with E-state index in [0.29, 0.717) is 10.0 Å². The highest BCUT2D eigenvalue weighted by atomic mass is 35.5. The van der Waals surface area contributed by atoms with Crippen LogP contribution in [0, 0.1) is 5.92 Å². The van der Waals surface area contributed by atoms with Gasteiger partial charge in [-0.05, 0) is 36.5 Å². The standard InChI is InChI=1S/C13H17Cl2N/c1-2-3-10-7-13(10)16-8-9-4-5-11(14)12(15)6-9/h4-6,10,13,16H,2-3,7-8H2,1H3. The number of nitrogens with one attached hydrogen (secondary N) is 1. The first kappa shape index (κ1) is 12.2. The minimum Gasteiger partial charge on any atom is -0.310 e. The largest absolute Gasteiger partial charge is 0.310 e. The summed E-state index contributed by atoms with van der Waals surface area (Å²) in [6.07, 6.45) is 3.96. The molecule has 1 N–H and O–H groups in total. The smallest absolute Gasteiger partial charge is 0.0595 e. The minimum absolute atomic E-state index is 0.626. The van der Waals surface area contributed by atoms with Gasteiger partial charge in [0.25, 0.3) is 0 Å². The van der Waals surface area contributed by atoms with E-state index < -0.39 is 0 Å². The Bertz CT molecular complexity index is 365. The van der Waals surface area contributed by atoms with Crippen LogP contribution in [-0.2, 0) is 6.54 Å². The van der Waals surface area contributed by atoms with Crippen molar-refractivity contribution in [3.8, 4) is 0 Å². The van der Waals surface area contributed by atoms with Gasteiger partial charge in [-0.3, -0.25) is 0 Å². The minimum atomic E-state index is 0.626. The summed E-state index contributed by atoms with van der Waals surface area (Å²) in [6, 6.07) is 6.54. The van der Waals surface area contributed by atoms with Crippen LogP contribution in [0.3, 0.4) is 0 Å². The van der Waals surface area contributed by atoms with Gasteiger partial charge < -0.3 is 5.32 Å². The topological polar surface area (TPSA) is 12.0 Å². The Morgan fingerprint density at radius 3 is 2.81 bits per heavy atom. The Morgan fingerprint density at radius 1 is 1.31 bits per heavy atom. The van der Waals surface area contributed by atoms with Crippen molar-refractivity contribution in [1.82, 2.24) is 5.32 Å². The maximum atomic E-state index is 5.96. The molecule has 1 aliphatic carbocycles. The molecular weight excluding hydrogens is 241 g/mol. The van der Waals surface area contributed by atoms with Crippen LogP contribution in [0.1, 0.15) is 31.7 Å². The van der Waals surface area contributed by atoms with Gasteiger partial charge >= 0.3 is 0 Å². The fourth-order valence-corrected chi connectivity index (χ4v) is 2.41. The summed E-state index contributed by atoms with van der Waals surface area (Å²) in [7, 11) is 0. The lowest BCUT2D eigenvalue weighted by Crippen LogP contribution is -2.17. The van der Waals surface area contributed by atoms with Gasteiger partial charge in [0, 0.05) is 12.6 Å². The lowest BCUT2D eigenvalue weighted by molar-refractivity contribution is 0.599. The van der Waals surface area contributed by atoms with Gasteiger partial charge in [-0.1, -0.05) is 42.6 Å². The molecule has 0 aliphatic heterocycles. The van der Waals surface area contributed by atoms with Gasteiger partial charge in [-0.25, -0.2) is 0 Å². The molecule has 0 amide bonds. The van der Waals surface area contributed by atoms with Crippen LogP contribution in [0.4, 0.5) is 0 Å². The van der Waals surface area contributed by atoms with Crippen molar-refractivity contribution in [2.45, 2.75) is 38.8 Å². The molecule has 1 aromatic rings. The normalized spacial score (nSPS) is 23.4. The summed E-state index contributed by atoms with van der Waals surface area (Å²) in [6.45, 7) is 3.14. The van der Waals surface area contributed by atoms with Gasteiger partial charge in [0.05, 0.1) is 10.0 Å². The van der Waals surface area contributed by atoms with Crippen LogP contribution in [0.25, 0.3) is 0 Å².